The van der Waals surface area contributed by atoms with E-state index < -0.39 is 0 Å². The second kappa shape index (κ2) is 6.61. The van der Waals surface area contributed by atoms with Crippen molar-refractivity contribution in [2.45, 2.75) is 0 Å². The van der Waals surface area contributed by atoms with Gasteiger partial charge in [-0.25, -0.2) is 9.97 Å². The van der Waals surface area contributed by atoms with E-state index in [1.807, 2.05) is 0 Å². The van der Waals surface area contributed by atoms with Gasteiger partial charge >= 0.3 is 0 Å². The minimum absolute atomic E-state index is 0.0862. The topological polar surface area (TPSA) is 128 Å². The summed E-state index contributed by atoms with van der Waals surface area (Å²) in [6, 6.07) is 1.49. The molecule has 0 radical (unpaired) electrons. The molecule has 0 bridgehead atoms. The molecule has 0 unspecified atom stereocenters. The van der Waals surface area contributed by atoms with Crippen LogP contribution in [0.3, 0.4) is 0 Å². The molecule has 0 aliphatic heterocycles. The quantitative estimate of drug-likeness (QED) is 0.203. The first-order chi connectivity index (χ1) is 8.22. The number of oxime groups is 1. The molecule has 1 aromatic rings. The van der Waals surface area contributed by atoms with Crippen LogP contribution in [0.2, 0.25) is 0 Å². The van der Waals surface area contributed by atoms with Crippen LogP contribution in [-0.4, -0.2) is 57.5 Å². The zero-order valence-corrected chi connectivity index (χ0v) is 9.19. The summed E-state index contributed by atoms with van der Waals surface area (Å²) >= 11 is 0. The predicted octanol–water partition coefficient (Wildman–Crippen LogP) is -1.64. The second-order valence-electron chi connectivity index (χ2n) is 3.16. The van der Waals surface area contributed by atoms with E-state index in [1.165, 1.54) is 12.3 Å². The molecule has 0 spiro atoms. The number of aliphatic hydroxyl groups excluding tert-OH is 2. The van der Waals surface area contributed by atoms with Gasteiger partial charge in [0.1, 0.15) is 5.69 Å². The SMILES string of the molecule is N/C(=N/O)c1ccnc(N(CCO)CCO)n1. The molecule has 0 atom stereocenters. The molecule has 0 amide bonds. The van der Waals surface area contributed by atoms with Crippen LogP contribution in [0.1, 0.15) is 5.69 Å². The standard InChI is InChI=1S/C9H15N5O3/c10-8(13-17)7-1-2-11-9(12-7)14(3-5-15)4-6-16/h1-2,15-17H,3-6H2,(H2,10,13). The van der Waals surface area contributed by atoms with Crippen molar-refractivity contribution >= 4 is 11.8 Å². The zero-order valence-electron chi connectivity index (χ0n) is 9.19. The summed E-state index contributed by atoms with van der Waals surface area (Å²) in [5.41, 5.74) is 5.68. The molecule has 17 heavy (non-hydrogen) atoms. The van der Waals surface area contributed by atoms with E-state index >= 15 is 0 Å². The number of amidine groups is 1. The van der Waals surface area contributed by atoms with Crippen molar-refractivity contribution in [2.75, 3.05) is 31.2 Å². The van der Waals surface area contributed by atoms with Gasteiger partial charge in [0, 0.05) is 19.3 Å². The van der Waals surface area contributed by atoms with Crippen LogP contribution in [0.15, 0.2) is 17.4 Å². The molecule has 0 aromatic carbocycles. The van der Waals surface area contributed by atoms with Gasteiger partial charge in [0.15, 0.2) is 5.84 Å². The van der Waals surface area contributed by atoms with Crippen molar-refractivity contribution in [3.63, 3.8) is 0 Å². The van der Waals surface area contributed by atoms with Crippen molar-refractivity contribution in [2.24, 2.45) is 10.9 Å². The van der Waals surface area contributed by atoms with E-state index in [0.29, 0.717) is 19.0 Å². The Hall–Kier alpha value is -1.93. The van der Waals surface area contributed by atoms with Crippen molar-refractivity contribution in [3.8, 4) is 0 Å². The smallest absolute Gasteiger partial charge is 0.226 e. The van der Waals surface area contributed by atoms with Gasteiger partial charge < -0.3 is 26.1 Å². The van der Waals surface area contributed by atoms with E-state index in [4.69, 9.17) is 21.2 Å². The van der Waals surface area contributed by atoms with Crippen LogP contribution in [-0.2, 0) is 0 Å². The fourth-order valence-corrected chi connectivity index (χ4v) is 1.25. The van der Waals surface area contributed by atoms with Gasteiger partial charge in [-0.15, -0.1) is 0 Å². The molecule has 1 heterocycles. The lowest BCUT2D eigenvalue weighted by Crippen LogP contribution is -2.32. The lowest BCUT2D eigenvalue weighted by Gasteiger charge is -2.20. The van der Waals surface area contributed by atoms with E-state index in [1.54, 1.807) is 4.90 Å². The number of hydrogen-bond donors (Lipinski definition) is 4. The summed E-state index contributed by atoms with van der Waals surface area (Å²) in [6.07, 6.45) is 1.46. The van der Waals surface area contributed by atoms with Gasteiger partial charge in [-0.05, 0) is 6.07 Å². The monoisotopic (exact) mass is 241 g/mol. The molecule has 0 fully saturated rings. The highest BCUT2D eigenvalue weighted by molar-refractivity contribution is 5.95. The molecule has 1 rings (SSSR count). The lowest BCUT2D eigenvalue weighted by molar-refractivity contribution is 0.280. The Kier molecular flexibility index (Phi) is 5.11. The minimum atomic E-state index is -0.124. The fraction of sp³-hybridized carbons (Fsp3) is 0.444. The van der Waals surface area contributed by atoms with Gasteiger partial charge in [0.25, 0.3) is 0 Å². The van der Waals surface area contributed by atoms with Crippen molar-refractivity contribution in [1.29, 1.82) is 0 Å². The number of anilines is 1. The van der Waals surface area contributed by atoms with Crippen molar-refractivity contribution in [3.05, 3.63) is 18.0 Å². The Balaban J connectivity index is 2.95. The maximum Gasteiger partial charge on any atom is 0.226 e. The summed E-state index contributed by atoms with van der Waals surface area (Å²) in [4.78, 5) is 9.64. The molecule has 0 saturated carbocycles. The molecule has 8 nitrogen and oxygen atoms in total. The van der Waals surface area contributed by atoms with Crippen LogP contribution in [0, 0.1) is 0 Å². The maximum atomic E-state index is 8.88. The Morgan fingerprint density at radius 1 is 1.35 bits per heavy atom. The van der Waals surface area contributed by atoms with Crippen LogP contribution < -0.4 is 10.6 Å². The minimum Gasteiger partial charge on any atom is -0.409 e. The first kappa shape index (κ1) is 13.1. The average molecular weight is 241 g/mol. The van der Waals surface area contributed by atoms with E-state index in [2.05, 4.69) is 15.1 Å². The van der Waals surface area contributed by atoms with Gasteiger partial charge in [-0.1, -0.05) is 5.16 Å². The highest BCUT2D eigenvalue weighted by atomic mass is 16.4. The number of hydrogen-bond acceptors (Lipinski definition) is 7. The maximum absolute atomic E-state index is 8.88. The molecular formula is C9H15N5O3. The molecule has 1 aromatic heterocycles. The summed E-state index contributed by atoms with van der Waals surface area (Å²) < 4.78 is 0. The highest BCUT2D eigenvalue weighted by Gasteiger charge is 2.10. The summed E-state index contributed by atoms with van der Waals surface area (Å²) in [7, 11) is 0. The largest absolute Gasteiger partial charge is 0.409 e. The summed E-state index contributed by atoms with van der Waals surface area (Å²) in [5, 5.41) is 29.1. The van der Waals surface area contributed by atoms with Crippen LogP contribution in [0.25, 0.3) is 0 Å². The van der Waals surface area contributed by atoms with Crippen LogP contribution in [0.4, 0.5) is 5.95 Å². The summed E-state index contributed by atoms with van der Waals surface area (Å²) in [5.74, 6) is 0.179. The predicted molar refractivity (Wildman–Crippen MR) is 60.9 cm³/mol. The Labute approximate surface area is 98.0 Å². The Morgan fingerprint density at radius 2 is 2.00 bits per heavy atom. The van der Waals surface area contributed by atoms with Crippen LogP contribution in [0.5, 0.6) is 0 Å². The Bertz CT molecular complexity index is 379. The first-order valence-electron chi connectivity index (χ1n) is 5.00. The molecule has 94 valence electrons. The lowest BCUT2D eigenvalue weighted by atomic mass is 10.4. The summed E-state index contributed by atoms with van der Waals surface area (Å²) in [6.45, 7) is 0.411. The number of nitrogens with two attached hydrogens (primary N) is 1. The fourth-order valence-electron chi connectivity index (χ4n) is 1.25. The molecule has 0 saturated heterocycles. The van der Waals surface area contributed by atoms with Gasteiger partial charge in [0.05, 0.1) is 13.2 Å². The van der Waals surface area contributed by atoms with Gasteiger partial charge in [0.2, 0.25) is 5.95 Å². The first-order valence-corrected chi connectivity index (χ1v) is 5.00. The number of rotatable bonds is 6. The highest BCUT2D eigenvalue weighted by Crippen LogP contribution is 2.06. The molecule has 0 aliphatic carbocycles. The third-order valence-electron chi connectivity index (χ3n) is 2.04. The van der Waals surface area contributed by atoms with Crippen LogP contribution >= 0.6 is 0 Å². The van der Waals surface area contributed by atoms with Crippen molar-refractivity contribution in [1.82, 2.24) is 9.97 Å². The van der Waals surface area contributed by atoms with E-state index in [9.17, 15) is 0 Å². The van der Waals surface area contributed by atoms with Gasteiger partial charge in [-0.2, -0.15) is 0 Å². The average Bonchev–Trinajstić information content (AvgIpc) is 2.37. The van der Waals surface area contributed by atoms with E-state index in [0.717, 1.165) is 0 Å². The molecule has 8 heteroatoms. The normalized spacial score (nSPS) is 11.5. The Morgan fingerprint density at radius 3 is 2.53 bits per heavy atom. The third kappa shape index (κ3) is 3.54. The number of aromatic nitrogens is 2. The zero-order chi connectivity index (χ0) is 12.7. The number of nitrogens with zero attached hydrogens (tertiary/aromatic N) is 4. The molecular weight excluding hydrogens is 226 g/mol. The van der Waals surface area contributed by atoms with Gasteiger partial charge in [-0.3, -0.25) is 0 Å². The second-order valence-corrected chi connectivity index (χ2v) is 3.16. The third-order valence-corrected chi connectivity index (χ3v) is 2.04. The number of aliphatic hydroxyl groups is 2. The molecule has 5 N–H and O–H groups in total. The molecule has 0 aliphatic rings. The van der Waals surface area contributed by atoms with E-state index in [-0.39, 0.29) is 24.7 Å². The van der Waals surface area contributed by atoms with Crippen molar-refractivity contribution < 1.29 is 15.4 Å².